The molecule has 0 bridgehead atoms. The third-order valence-corrected chi connectivity index (χ3v) is 2.82. The van der Waals surface area contributed by atoms with E-state index in [4.69, 9.17) is 16.3 Å². The van der Waals surface area contributed by atoms with E-state index in [-0.39, 0.29) is 5.38 Å². The minimum Gasteiger partial charge on any atom is -0.381 e. The summed E-state index contributed by atoms with van der Waals surface area (Å²) in [6.07, 6.45) is 2.29. The zero-order valence-electron chi connectivity index (χ0n) is 8.22. The van der Waals surface area contributed by atoms with Crippen molar-refractivity contribution in [2.24, 2.45) is 0 Å². The number of ether oxygens (including phenoxy) is 1. The van der Waals surface area contributed by atoms with Crippen LogP contribution in [0.25, 0.3) is 0 Å². The Kier molecular flexibility index (Phi) is 2.69. The van der Waals surface area contributed by atoms with Crippen molar-refractivity contribution in [1.29, 1.82) is 0 Å². The molecule has 0 radical (unpaired) electrons. The molecule has 14 heavy (non-hydrogen) atoms. The first kappa shape index (κ1) is 9.86. The van der Waals surface area contributed by atoms with Gasteiger partial charge in [-0.2, -0.15) is 0 Å². The summed E-state index contributed by atoms with van der Waals surface area (Å²) in [6.45, 7) is 1.87. The van der Waals surface area contributed by atoms with Gasteiger partial charge in [0.2, 0.25) is 0 Å². The number of tetrazole rings is 1. The third-order valence-electron chi connectivity index (χ3n) is 2.62. The average Bonchev–Trinajstić information content (AvgIpc) is 2.50. The summed E-state index contributed by atoms with van der Waals surface area (Å²) in [5.74, 6) is 0.742. The first-order valence-electron chi connectivity index (χ1n) is 4.67. The maximum atomic E-state index is 5.95. The Hall–Kier alpha value is -0.680. The molecule has 1 aromatic heterocycles. The van der Waals surface area contributed by atoms with Gasteiger partial charge in [-0.25, -0.2) is 4.68 Å². The van der Waals surface area contributed by atoms with Crippen LogP contribution < -0.4 is 0 Å². The highest BCUT2D eigenvalue weighted by Gasteiger charge is 2.33. The zero-order valence-corrected chi connectivity index (χ0v) is 8.98. The molecule has 0 amide bonds. The number of nitrogens with zero attached hydrogens (tertiary/aromatic N) is 4. The van der Waals surface area contributed by atoms with Crippen LogP contribution in [-0.4, -0.2) is 33.4 Å². The van der Waals surface area contributed by atoms with Crippen molar-refractivity contribution in [3.05, 3.63) is 5.82 Å². The van der Waals surface area contributed by atoms with Crippen LogP contribution >= 0.6 is 11.6 Å². The van der Waals surface area contributed by atoms with Crippen LogP contribution in [0.15, 0.2) is 0 Å². The van der Waals surface area contributed by atoms with E-state index in [0.717, 1.165) is 18.7 Å². The second kappa shape index (κ2) is 3.82. The van der Waals surface area contributed by atoms with Gasteiger partial charge in [-0.1, -0.05) is 0 Å². The average molecular weight is 217 g/mol. The molecule has 1 saturated carbocycles. The molecule has 2 rings (SSSR count). The molecule has 0 spiro atoms. The van der Waals surface area contributed by atoms with Crippen LogP contribution in [-0.2, 0) is 4.74 Å². The summed E-state index contributed by atoms with van der Waals surface area (Å²) in [5.41, 5.74) is 0. The van der Waals surface area contributed by atoms with Gasteiger partial charge in [0, 0.05) is 7.11 Å². The van der Waals surface area contributed by atoms with E-state index >= 15 is 0 Å². The van der Waals surface area contributed by atoms with Crippen molar-refractivity contribution in [2.75, 3.05) is 7.11 Å². The Bertz CT molecular complexity index is 308. The van der Waals surface area contributed by atoms with E-state index in [2.05, 4.69) is 15.5 Å². The van der Waals surface area contributed by atoms with E-state index in [1.807, 2.05) is 11.6 Å². The summed E-state index contributed by atoms with van der Waals surface area (Å²) in [6, 6.07) is 0.353. The van der Waals surface area contributed by atoms with Crippen molar-refractivity contribution >= 4 is 11.6 Å². The number of rotatable bonds is 3. The summed E-state index contributed by atoms with van der Waals surface area (Å²) in [4.78, 5) is 0. The largest absolute Gasteiger partial charge is 0.381 e. The molecule has 5 nitrogen and oxygen atoms in total. The molecule has 1 heterocycles. The van der Waals surface area contributed by atoms with Gasteiger partial charge in [0.05, 0.1) is 17.5 Å². The minimum absolute atomic E-state index is 0.147. The lowest BCUT2D eigenvalue weighted by atomic mass is 9.89. The SMILES string of the molecule is COC1CC(n2nnnc2C(C)Cl)C1. The number of alkyl halides is 1. The second-order valence-electron chi connectivity index (χ2n) is 3.58. The minimum atomic E-state index is -0.147. The lowest BCUT2D eigenvalue weighted by molar-refractivity contribution is 0.00103. The Labute approximate surface area is 87.4 Å². The van der Waals surface area contributed by atoms with Crippen molar-refractivity contribution < 1.29 is 4.74 Å². The molecule has 1 aliphatic carbocycles. The van der Waals surface area contributed by atoms with Crippen molar-refractivity contribution in [3.8, 4) is 0 Å². The molecule has 78 valence electrons. The van der Waals surface area contributed by atoms with Crippen molar-refractivity contribution in [1.82, 2.24) is 20.2 Å². The number of methoxy groups -OCH3 is 1. The Balaban J connectivity index is 2.07. The van der Waals surface area contributed by atoms with Crippen LogP contribution in [0.4, 0.5) is 0 Å². The van der Waals surface area contributed by atoms with Gasteiger partial charge in [0.1, 0.15) is 0 Å². The fraction of sp³-hybridized carbons (Fsp3) is 0.875. The molecule has 6 heteroatoms. The van der Waals surface area contributed by atoms with Crippen LogP contribution in [0.1, 0.15) is 37.0 Å². The molecule has 0 aliphatic heterocycles. The first-order valence-corrected chi connectivity index (χ1v) is 5.10. The highest BCUT2D eigenvalue weighted by molar-refractivity contribution is 6.20. The molecule has 1 aliphatic rings. The molecule has 1 aromatic rings. The number of halogens is 1. The van der Waals surface area contributed by atoms with Crippen LogP contribution in [0.3, 0.4) is 0 Å². The maximum absolute atomic E-state index is 5.95. The predicted octanol–water partition coefficient (Wildman–Crippen LogP) is 1.32. The maximum Gasteiger partial charge on any atom is 0.169 e. The molecule has 0 aromatic carbocycles. The Morgan fingerprint density at radius 2 is 2.29 bits per heavy atom. The third kappa shape index (κ3) is 1.62. The summed E-state index contributed by atoms with van der Waals surface area (Å²) < 4.78 is 7.01. The summed E-state index contributed by atoms with van der Waals surface area (Å²) in [5, 5.41) is 11.3. The number of hydrogen-bond donors (Lipinski definition) is 0. The molecular weight excluding hydrogens is 204 g/mol. The predicted molar refractivity (Wildman–Crippen MR) is 51.2 cm³/mol. The van der Waals surface area contributed by atoms with Gasteiger partial charge in [-0.05, 0) is 30.2 Å². The van der Waals surface area contributed by atoms with Gasteiger partial charge >= 0.3 is 0 Å². The smallest absolute Gasteiger partial charge is 0.169 e. The van der Waals surface area contributed by atoms with E-state index in [1.54, 1.807) is 7.11 Å². The zero-order chi connectivity index (χ0) is 10.1. The van der Waals surface area contributed by atoms with Gasteiger partial charge in [-0.3, -0.25) is 0 Å². The van der Waals surface area contributed by atoms with Crippen molar-refractivity contribution in [2.45, 2.75) is 37.3 Å². The van der Waals surface area contributed by atoms with E-state index in [9.17, 15) is 0 Å². The van der Waals surface area contributed by atoms with Crippen LogP contribution in [0, 0.1) is 0 Å². The fourth-order valence-corrected chi connectivity index (χ4v) is 1.80. The quantitative estimate of drug-likeness (QED) is 0.716. The van der Waals surface area contributed by atoms with Crippen LogP contribution in [0.5, 0.6) is 0 Å². The van der Waals surface area contributed by atoms with E-state index < -0.39 is 0 Å². The standard InChI is InChI=1S/C8H13ClN4O/c1-5(9)8-10-11-12-13(8)6-3-7(4-6)14-2/h5-7H,3-4H2,1-2H3. The lowest BCUT2D eigenvalue weighted by Crippen LogP contribution is -2.34. The van der Waals surface area contributed by atoms with Gasteiger partial charge in [-0.15, -0.1) is 16.7 Å². The van der Waals surface area contributed by atoms with Gasteiger partial charge in [0.15, 0.2) is 5.82 Å². The normalized spacial score (nSPS) is 28.5. The highest BCUT2D eigenvalue weighted by Crippen LogP contribution is 2.35. The lowest BCUT2D eigenvalue weighted by Gasteiger charge is -2.34. The number of hydrogen-bond acceptors (Lipinski definition) is 4. The summed E-state index contributed by atoms with van der Waals surface area (Å²) >= 11 is 5.95. The highest BCUT2D eigenvalue weighted by atomic mass is 35.5. The molecule has 1 unspecified atom stereocenters. The van der Waals surface area contributed by atoms with Crippen molar-refractivity contribution in [3.63, 3.8) is 0 Å². The molecular formula is C8H13ClN4O. The fourth-order valence-electron chi connectivity index (χ4n) is 1.65. The molecule has 0 saturated heterocycles. The topological polar surface area (TPSA) is 52.8 Å². The second-order valence-corrected chi connectivity index (χ2v) is 4.24. The van der Waals surface area contributed by atoms with Gasteiger partial charge in [0.25, 0.3) is 0 Å². The monoisotopic (exact) mass is 216 g/mol. The molecule has 1 atom stereocenters. The van der Waals surface area contributed by atoms with Crippen LogP contribution in [0.2, 0.25) is 0 Å². The molecule has 1 fully saturated rings. The number of aromatic nitrogens is 4. The Morgan fingerprint density at radius 1 is 1.57 bits per heavy atom. The van der Waals surface area contributed by atoms with E-state index in [0.29, 0.717) is 12.1 Å². The van der Waals surface area contributed by atoms with Gasteiger partial charge < -0.3 is 4.74 Å². The Morgan fingerprint density at radius 3 is 2.86 bits per heavy atom. The van der Waals surface area contributed by atoms with E-state index in [1.165, 1.54) is 0 Å². The summed E-state index contributed by atoms with van der Waals surface area (Å²) in [7, 11) is 1.73. The molecule has 0 N–H and O–H groups in total. The first-order chi connectivity index (χ1) is 6.72.